The third kappa shape index (κ3) is 6.27. The molecule has 0 aromatic heterocycles. The van der Waals surface area contributed by atoms with E-state index in [4.69, 9.17) is 4.55 Å². The fraction of sp³-hybridized carbons (Fsp3) is 0.684. The maximum Gasteiger partial charge on any atom is 0.294 e. The van der Waals surface area contributed by atoms with Gasteiger partial charge in [0.2, 0.25) is 0 Å². The lowest BCUT2D eigenvalue weighted by Crippen LogP contribution is -2.20. The zero-order chi connectivity index (χ0) is 16.7. The molecule has 1 aromatic rings. The molecule has 0 atom stereocenters. The summed E-state index contributed by atoms with van der Waals surface area (Å²) in [6, 6.07) is 5.99. The van der Waals surface area contributed by atoms with Crippen molar-refractivity contribution in [2.24, 2.45) is 11.8 Å². The summed E-state index contributed by atoms with van der Waals surface area (Å²) in [4.78, 5) is -0.0666. The van der Waals surface area contributed by atoms with Gasteiger partial charge in [0, 0.05) is 0 Å². The van der Waals surface area contributed by atoms with Crippen LogP contribution in [0.5, 0.6) is 0 Å². The molecule has 0 saturated heterocycles. The van der Waals surface area contributed by atoms with E-state index in [1.54, 1.807) is 37.8 Å². The monoisotopic (exact) mass is 338 g/mol. The highest BCUT2D eigenvalue weighted by Gasteiger charge is 2.24. The van der Waals surface area contributed by atoms with E-state index in [0.717, 1.165) is 17.4 Å². The fourth-order valence-corrected chi connectivity index (χ4v) is 4.40. The molecule has 0 aliphatic heterocycles. The van der Waals surface area contributed by atoms with Gasteiger partial charge < -0.3 is 0 Å². The van der Waals surface area contributed by atoms with Crippen LogP contribution in [-0.2, 0) is 10.1 Å². The van der Waals surface area contributed by atoms with Crippen LogP contribution in [0.2, 0.25) is 0 Å². The van der Waals surface area contributed by atoms with Gasteiger partial charge in [-0.15, -0.1) is 0 Å². The van der Waals surface area contributed by atoms with Gasteiger partial charge in [0.25, 0.3) is 10.1 Å². The Bertz CT molecular complexity index is 535. The molecule has 2 fully saturated rings. The topological polar surface area (TPSA) is 54.4 Å². The molecular formula is C19H30O3S. The smallest absolute Gasteiger partial charge is 0.282 e. The zero-order valence-corrected chi connectivity index (χ0v) is 15.0. The Balaban J connectivity index is 0.000000168. The largest absolute Gasteiger partial charge is 0.294 e. The predicted octanol–water partition coefficient (Wildman–Crippen LogP) is 5.39. The summed E-state index contributed by atoms with van der Waals surface area (Å²) in [6.45, 7) is 1.84. The van der Waals surface area contributed by atoms with Crippen molar-refractivity contribution in [2.75, 3.05) is 0 Å². The van der Waals surface area contributed by atoms with Gasteiger partial charge >= 0.3 is 0 Å². The SMILES string of the molecule is C1CCC(C2CCCCC2)CC1.Cc1ccc(S(=O)(=O)O)cc1. The Kier molecular flexibility index (Phi) is 7.09. The van der Waals surface area contributed by atoms with Crippen molar-refractivity contribution in [3.05, 3.63) is 29.8 Å². The molecule has 0 radical (unpaired) electrons. The molecule has 1 N–H and O–H groups in total. The standard InChI is InChI=1S/C12H22.C7H8O3S/c1-3-7-11(8-4-1)12-9-5-2-6-10-12;1-6-2-4-7(5-3-6)11(8,9)10/h11-12H,1-10H2;2-5H,1H3,(H,8,9,10). The van der Waals surface area contributed by atoms with Crippen LogP contribution in [0.4, 0.5) is 0 Å². The van der Waals surface area contributed by atoms with Crippen LogP contribution in [0, 0.1) is 18.8 Å². The second kappa shape index (κ2) is 8.84. The summed E-state index contributed by atoms with van der Waals surface area (Å²) in [6.07, 6.45) is 15.4. The van der Waals surface area contributed by atoms with Gasteiger partial charge in [-0.1, -0.05) is 81.9 Å². The van der Waals surface area contributed by atoms with E-state index in [1.165, 1.54) is 50.7 Å². The highest BCUT2D eigenvalue weighted by atomic mass is 32.2. The fourth-order valence-electron chi connectivity index (χ4n) is 3.92. The summed E-state index contributed by atoms with van der Waals surface area (Å²) >= 11 is 0. The van der Waals surface area contributed by atoms with Gasteiger partial charge in [0.05, 0.1) is 4.90 Å². The van der Waals surface area contributed by atoms with Crippen molar-refractivity contribution < 1.29 is 13.0 Å². The van der Waals surface area contributed by atoms with Crippen molar-refractivity contribution in [1.29, 1.82) is 0 Å². The maximum atomic E-state index is 10.5. The van der Waals surface area contributed by atoms with E-state index < -0.39 is 10.1 Å². The molecule has 2 aliphatic rings. The lowest BCUT2D eigenvalue weighted by molar-refractivity contribution is 0.196. The first kappa shape index (κ1) is 18.5. The second-order valence-corrected chi connectivity index (χ2v) is 8.51. The van der Waals surface area contributed by atoms with Crippen LogP contribution in [-0.4, -0.2) is 13.0 Å². The summed E-state index contributed by atoms with van der Waals surface area (Å²) in [7, 11) is -4.02. The van der Waals surface area contributed by atoms with E-state index in [9.17, 15) is 8.42 Å². The number of aryl methyl sites for hydroxylation is 1. The number of benzene rings is 1. The van der Waals surface area contributed by atoms with E-state index in [-0.39, 0.29) is 4.90 Å². The first-order valence-corrected chi connectivity index (χ1v) is 10.4. The molecule has 3 rings (SSSR count). The lowest BCUT2D eigenvalue weighted by atomic mass is 9.73. The Hall–Kier alpha value is -0.870. The normalized spacial score (nSPS) is 20.6. The van der Waals surface area contributed by atoms with Gasteiger partial charge in [-0.3, -0.25) is 4.55 Å². The third-order valence-electron chi connectivity index (χ3n) is 5.29. The molecule has 2 saturated carbocycles. The first-order valence-electron chi connectivity index (χ1n) is 9.01. The Morgan fingerprint density at radius 3 is 1.52 bits per heavy atom. The molecule has 0 amide bonds. The van der Waals surface area contributed by atoms with E-state index in [1.807, 2.05) is 6.92 Å². The summed E-state index contributed by atoms with van der Waals surface area (Å²) in [5, 5.41) is 0. The number of hydrogen-bond donors (Lipinski definition) is 1. The Morgan fingerprint density at radius 1 is 0.783 bits per heavy atom. The van der Waals surface area contributed by atoms with Crippen molar-refractivity contribution in [3.63, 3.8) is 0 Å². The molecule has 1 aromatic carbocycles. The van der Waals surface area contributed by atoms with Crippen LogP contribution in [0.15, 0.2) is 29.2 Å². The molecule has 23 heavy (non-hydrogen) atoms. The zero-order valence-electron chi connectivity index (χ0n) is 14.2. The quantitative estimate of drug-likeness (QED) is 0.736. The highest BCUT2D eigenvalue weighted by molar-refractivity contribution is 7.85. The van der Waals surface area contributed by atoms with Crippen molar-refractivity contribution in [1.82, 2.24) is 0 Å². The second-order valence-electron chi connectivity index (χ2n) is 7.08. The highest BCUT2D eigenvalue weighted by Crippen LogP contribution is 2.37. The van der Waals surface area contributed by atoms with Crippen molar-refractivity contribution >= 4 is 10.1 Å². The van der Waals surface area contributed by atoms with E-state index in [0.29, 0.717) is 0 Å². The number of rotatable bonds is 2. The van der Waals surface area contributed by atoms with Crippen LogP contribution < -0.4 is 0 Å². The van der Waals surface area contributed by atoms with Crippen LogP contribution >= 0.6 is 0 Å². The molecule has 0 heterocycles. The van der Waals surface area contributed by atoms with E-state index in [2.05, 4.69) is 0 Å². The number of hydrogen-bond acceptors (Lipinski definition) is 2. The van der Waals surface area contributed by atoms with Crippen molar-refractivity contribution in [2.45, 2.75) is 76.0 Å². The molecule has 3 nitrogen and oxygen atoms in total. The lowest BCUT2D eigenvalue weighted by Gasteiger charge is -2.32. The minimum absolute atomic E-state index is 0.0666. The summed E-state index contributed by atoms with van der Waals surface area (Å²) in [5.41, 5.74) is 0.956. The molecule has 0 unspecified atom stereocenters. The maximum absolute atomic E-state index is 10.5. The molecule has 0 bridgehead atoms. The van der Waals surface area contributed by atoms with Gasteiger partial charge in [0.15, 0.2) is 0 Å². The molecule has 2 aliphatic carbocycles. The first-order chi connectivity index (χ1) is 11.0. The summed E-state index contributed by atoms with van der Waals surface area (Å²) in [5.74, 6) is 2.28. The average molecular weight is 339 g/mol. The Labute approximate surface area is 141 Å². The average Bonchev–Trinajstić information content (AvgIpc) is 2.57. The van der Waals surface area contributed by atoms with Gasteiger partial charge in [0.1, 0.15) is 0 Å². The predicted molar refractivity (Wildman–Crippen MR) is 94.1 cm³/mol. The van der Waals surface area contributed by atoms with Crippen molar-refractivity contribution in [3.8, 4) is 0 Å². The third-order valence-corrected chi connectivity index (χ3v) is 6.15. The minimum atomic E-state index is -4.02. The molecule has 130 valence electrons. The van der Waals surface area contributed by atoms with Crippen LogP contribution in [0.1, 0.15) is 69.8 Å². The van der Waals surface area contributed by atoms with E-state index >= 15 is 0 Å². The molecular weight excluding hydrogens is 308 g/mol. The van der Waals surface area contributed by atoms with Gasteiger partial charge in [-0.25, -0.2) is 0 Å². The van der Waals surface area contributed by atoms with Gasteiger partial charge in [-0.2, -0.15) is 8.42 Å². The summed E-state index contributed by atoms with van der Waals surface area (Å²) < 4.78 is 29.6. The van der Waals surface area contributed by atoms with Crippen LogP contribution in [0.3, 0.4) is 0 Å². The Morgan fingerprint density at radius 2 is 1.17 bits per heavy atom. The minimum Gasteiger partial charge on any atom is -0.282 e. The van der Waals surface area contributed by atoms with Gasteiger partial charge in [-0.05, 0) is 30.9 Å². The molecule has 4 heteroatoms. The van der Waals surface area contributed by atoms with Crippen LogP contribution in [0.25, 0.3) is 0 Å². The molecule has 0 spiro atoms.